The molecule has 1 aliphatic rings. The molecule has 132 valence electrons. The maximum atomic E-state index is 12.5. The number of carbonyl (C=O) groups is 1. The molecule has 2 aromatic rings. The molecule has 0 radical (unpaired) electrons. The summed E-state index contributed by atoms with van der Waals surface area (Å²) in [4.78, 5) is 24.2. The predicted molar refractivity (Wildman–Crippen MR) is 92.3 cm³/mol. The minimum atomic E-state index is -1.45. The molecular formula is C19H21NO5. The highest BCUT2D eigenvalue weighted by molar-refractivity contribution is 5.94. The third-order valence-electron chi connectivity index (χ3n) is 5.04. The van der Waals surface area contributed by atoms with Gasteiger partial charge in [0.1, 0.15) is 22.7 Å². The van der Waals surface area contributed by atoms with Crippen LogP contribution in [0.4, 0.5) is 0 Å². The lowest BCUT2D eigenvalue weighted by Gasteiger charge is -2.50. The highest BCUT2D eigenvalue weighted by Gasteiger charge is 2.53. The number of nitrogens with zero attached hydrogens (tertiary/aromatic N) is 1. The molecule has 25 heavy (non-hydrogen) atoms. The van der Waals surface area contributed by atoms with E-state index in [1.165, 1.54) is 23.8 Å². The number of carbonyl (C=O) groups excluding carboxylic acids is 1. The normalized spacial score (nSPS) is 24.3. The first-order chi connectivity index (χ1) is 11.5. The van der Waals surface area contributed by atoms with Gasteiger partial charge in [-0.2, -0.15) is 0 Å². The van der Waals surface area contributed by atoms with Gasteiger partial charge >= 0.3 is 0 Å². The molecule has 0 fully saturated rings. The highest BCUT2D eigenvalue weighted by atomic mass is 16.5. The van der Waals surface area contributed by atoms with E-state index in [0.717, 1.165) is 6.07 Å². The zero-order chi connectivity index (χ0) is 18.6. The van der Waals surface area contributed by atoms with E-state index in [1.54, 1.807) is 39.0 Å². The average molecular weight is 343 g/mol. The fraction of sp³-hybridized carbons (Fsp3) is 0.368. The monoisotopic (exact) mass is 343 g/mol. The Labute approximate surface area is 145 Å². The number of hydrogen-bond donors (Lipinski definition) is 2. The van der Waals surface area contributed by atoms with Crippen LogP contribution in [0.1, 0.15) is 49.7 Å². The third-order valence-corrected chi connectivity index (χ3v) is 5.04. The van der Waals surface area contributed by atoms with Crippen LogP contribution in [-0.4, -0.2) is 31.8 Å². The molecule has 3 rings (SSSR count). The van der Waals surface area contributed by atoms with Gasteiger partial charge in [0.2, 0.25) is 0 Å². The van der Waals surface area contributed by atoms with E-state index in [4.69, 9.17) is 4.74 Å². The molecule has 0 aliphatic carbocycles. The summed E-state index contributed by atoms with van der Waals surface area (Å²) >= 11 is 0. The smallest absolute Gasteiger partial charge is 0.254 e. The number of Topliss-reactive ketones (excluding diaryl/α,β-unsaturated/α-hetero) is 1. The number of benzene rings is 1. The Balaban J connectivity index is 2.32. The van der Waals surface area contributed by atoms with Gasteiger partial charge in [-0.1, -0.05) is 0 Å². The van der Waals surface area contributed by atoms with Crippen LogP contribution >= 0.6 is 0 Å². The molecule has 6 nitrogen and oxygen atoms in total. The molecule has 0 saturated heterocycles. The van der Waals surface area contributed by atoms with Crippen LogP contribution in [-0.2, 0) is 0 Å². The van der Waals surface area contributed by atoms with Gasteiger partial charge in [-0.3, -0.25) is 9.59 Å². The maximum Gasteiger partial charge on any atom is 0.254 e. The number of ether oxygens (including phenoxy) is 1. The van der Waals surface area contributed by atoms with E-state index in [2.05, 4.69) is 0 Å². The van der Waals surface area contributed by atoms with Crippen LogP contribution in [0.25, 0.3) is 0 Å². The zero-order valence-corrected chi connectivity index (χ0v) is 14.6. The van der Waals surface area contributed by atoms with Gasteiger partial charge in [0.25, 0.3) is 5.56 Å². The van der Waals surface area contributed by atoms with Gasteiger partial charge in [0.15, 0.2) is 5.78 Å². The Morgan fingerprint density at radius 2 is 1.88 bits per heavy atom. The highest BCUT2D eigenvalue weighted by Crippen LogP contribution is 2.47. The van der Waals surface area contributed by atoms with E-state index in [1.807, 2.05) is 0 Å². The molecule has 6 heteroatoms. The second-order valence-corrected chi connectivity index (χ2v) is 7.10. The van der Waals surface area contributed by atoms with E-state index in [9.17, 15) is 19.8 Å². The summed E-state index contributed by atoms with van der Waals surface area (Å²) in [5, 5.41) is 20.8. The summed E-state index contributed by atoms with van der Waals surface area (Å²) < 4.78 is 7.31. The molecule has 2 heterocycles. The summed E-state index contributed by atoms with van der Waals surface area (Å²) in [5.41, 5.74) is -1.88. The van der Waals surface area contributed by atoms with Crippen molar-refractivity contribution in [1.29, 1.82) is 0 Å². The van der Waals surface area contributed by atoms with Crippen molar-refractivity contribution in [3.8, 4) is 11.5 Å². The second kappa shape index (κ2) is 5.46. The molecule has 0 bridgehead atoms. The van der Waals surface area contributed by atoms with Gasteiger partial charge < -0.3 is 19.5 Å². The van der Waals surface area contributed by atoms with Crippen molar-refractivity contribution in [2.75, 3.05) is 0 Å². The SMILES string of the molecule is CC(=O)c1ccc2c(c1)C(n1ccc(O)cc1=O)C(C)(O)C(C)(C)O2. The standard InChI is InChI=1S/C19H21NO5/c1-11(21)12-5-6-15-14(9-12)17(19(4,24)18(2,3)25-15)20-8-7-13(22)10-16(20)23/h5-10,17,22,24H,1-4H3. The molecule has 1 aliphatic heterocycles. The van der Waals surface area contributed by atoms with Crippen molar-refractivity contribution in [2.45, 2.75) is 44.9 Å². The third kappa shape index (κ3) is 2.62. The first-order valence-corrected chi connectivity index (χ1v) is 8.02. The van der Waals surface area contributed by atoms with Crippen LogP contribution in [0.2, 0.25) is 0 Å². The van der Waals surface area contributed by atoms with Crippen LogP contribution in [0.15, 0.2) is 41.3 Å². The molecule has 2 N–H and O–H groups in total. The second-order valence-electron chi connectivity index (χ2n) is 7.10. The lowest BCUT2D eigenvalue weighted by molar-refractivity contribution is -0.139. The van der Waals surface area contributed by atoms with Crippen molar-refractivity contribution < 1.29 is 19.7 Å². The number of hydrogen-bond acceptors (Lipinski definition) is 5. The van der Waals surface area contributed by atoms with Crippen LogP contribution in [0, 0.1) is 0 Å². The Hall–Kier alpha value is -2.60. The van der Waals surface area contributed by atoms with Crippen LogP contribution < -0.4 is 10.3 Å². The van der Waals surface area contributed by atoms with Gasteiger partial charge in [-0.05, 0) is 52.0 Å². The van der Waals surface area contributed by atoms with Crippen LogP contribution in [0.3, 0.4) is 0 Å². The minimum Gasteiger partial charge on any atom is -0.508 e. The minimum absolute atomic E-state index is 0.121. The summed E-state index contributed by atoms with van der Waals surface area (Å²) in [7, 11) is 0. The summed E-state index contributed by atoms with van der Waals surface area (Å²) in [5.74, 6) is 0.237. The Morgan fingerprint density at radius 3 is 2.48 bits per heavy atom. The average Bonchev–Trinajstić information content (AvgIpc) is 2.49. The molecule has 0 spiro atoms. The first kappa shape index (κ1) is 17.2. The fourth-order valence-corrected chi connectivity index (χ4v) is 3.20. The summed E-state index contributed by atoms with van der Waals surface area (Å²) in [6, 6.07) is 6.68. The summed E-state index contributed by atoms with van der Waals surface area (Å²) in [6.45, 7) is 6.54. The largest absolute Gasteiger partial charge is 0.508 e. The number of fused-ring (bicyclic) bond motifs is 1. The summed E-state index contributed by atoms with van der Waals surface area (Å²) in [6.07, 6.45) is 1.43. The van der Waals surface area contributed by atoms with Gasteiger partial charge in [-0.15, -0.1) is 0 Å². The zero-order valence-electron chi connectivity index (χ0n) is 14.6. The predicted octanol–water partition coefficient (Wildman–Crippen LogP) is 2.27. The van der Waals surface area contributed by atoms with E-state index in [-0.39, 0.29) is 11.5 Å². The van der Waals surface area contributed by atoms with E-state index >= 15 is 0 Å². The van der Waals surface area contributed by atoms with E-state index < -0.39 is 22.8 Å². The molecule has 0 amide bonds. The van der Waals surface area contributed by atoms with Crippen molar-refractivity contribution >= 4 is 5.78 Å². The number of aliphatic hydroxyl groups is 1. The fourth-order valence-electron chi connectivity index (χ4n) is 3.20. The topological polar surface area (TPSA) is 88.8 Å². The van der Waals surface area contributed by atoms with Crippen molar-refractivity contribution in [1.82, 2.24) is 4.57 Å². The molecule has 2 unspecified atom stereocenters. The number of aromatic hydroxyl groups is 1. The Kier molecular flexibility index (Phi) is 3.76. The van der Waals surface area contributed by atoms with Gasteiger partial charge in [0, 0.05) is 23.4 Å². The number of pyridine rings is 1. The van der Waals surface area contributed by atoms with Crippen LogP contribution in [0.5, 0.6) is 11.5 Å². The lowest BCUT2D eigenvalue weighted by Crippen LogP contribution is -2.60. The molecule has 1 aromatic heterocycles. The van der Waals surface area contributed by atoms with Gasteiger partial charge in [0.05, 0.1) is 6.04 Å². The quantitative estimate of drug-likeness (QED) is 0.817. The molecule has 2 atom stereocenters. The number of ketones is 1. The Bertz CT molecular complexity index is 910. The van der Waals surface area contributed by atoms with Crippen molar-refractivity contribution in [2.24, 2.45) is 0 Å². The van der Waals surface area contributed by atoms with Crippen molar-refractivity contribution in [3.05, 3.63) is 58.0 Å². The maximum absolute atomic E-state index is 12.5. The molecule has 1 aromatic carbocycles. The first-order valence-electron chi connectivity index (χ1n) is 8.02. The Morgan fingerprint density at radius 1 is 1.20 bits per heavy atom. The van der Waals surface area contributed by atoms with E-state index in [0.29, 0.717) is 16.9 Å². The lowest BCUT2D eigenvalue weighted by atomic mass is 9.75. The molecule has 0 saturated carbocycles. The number of rotatable bonds is 2. The molecular weight excluding hydrogens is 322 g/mol. The van der Waals surface area contributed by atoms with Crippen molar-refractivity contribution in [3.63, 3.8) is 0 Å². The van der Waals surface area contributed by atoms with Gasteiger partial charge in [-0.25, -0.2) is 0 Å². The number of aromatic nitrogens is 1.